The van der Waals surface area contributed by atoms with Crippen molar-refractivity contribution >= 4 is 0 Å². The number of rotatable bonds is 0. The first kappa shape index (κ1) is 4.89. The second-order valence-corrected chi connectivity index (χ2v) is 6.01. The van der Waals surface area contributed by atoms with Gasteiger partial charge in [-0.1, -0.05) is 0 Å². The fourth-order valence-electron chi connectivity index (χ4n) is 6.14. The number of hydrogen-bond donors (Lipinski definition) is 0. The Bertz CT molecular complexity index is 258. The van der Waals surface area contributed by atoms with Crippen LogP contribution < -0.4 is 0 Å². The Balaban J connectivity index is 1.85. The lowest BCUT2D eigenvalue weighted by Gasteiger charge is -2.46. The van der Waals surface area contributed by atoms with Crippen LogP contribution in [0.15, 0.2) is 0 Å². The highest BCUT2D eigenvalue weighted by Gasteiger charge is 2.98. The summed E-state index contributed by atoms with van der Waals surface area (Å²) in [7, 11) is 0. The average molecular weight is 146 g/mol. The largest absolute Gasteiger partial charge is 0.0470 e. The van der Waals surface area contributed by atoms with Crippen LogP contribution in [0.1, 0.15) is 32.1 Å². The van der Waals surface area contributed by atoms with Crippen LogP contribution in [0, 0.1) is 34.5 Å². The van der Waals surface area contributed by atoms with Gasteiger partial charge in [-0.15, -0.1) is 0 Å². The van der Waals surface area contributed by atoms with E-state index in [1.54, 1.807) is 32.1 Å². The van der Waals surface area contributed by atoms with Gasteiger partial charge in [0.1, 0.15) is 0 Å². The minimum atomic E-state index is 1.03. The van der Waals surface area contributed by atoms with Crippen LogP contribution in [-0.2, 0) is 0 Å². The van der Waals surface area contributed by atoms with E-state index in [9.17, 15) is 0 Å². The molecule has 58 valence electrons. The molecule has 11 heavy (non-hydrogen) atoms. The van der Waals surface area contributed by atoms with Gasteiger partial charge in [0, 0.05) is 0 Å². The molecule has 6 saturated carbocycles. The van der Waals surface area contributed by atoms with Gasteiger partial charge in [0.25, 0.3) is 0 Å². The van der Waals surface area contributed by atoms with Crippen LogP contribution in [0.4, 0.5) is 0 Å². The van der Waals surface area contributed by atoms with Crippen molar-refractivity contribution in [2.24, 2.45) is 34.5 Å². The normalized spacial score (nSPS) is 85.1. The standard InChI is InChI=1S/C11H14/c1-6-2-8-4-7(1)10-5-11(8,10)9(10)3-6/h6-9H,1-5H2/t6?,7-,8+,9?,10?,11?. The fourth-order valence-corrected chi connectivity index (χ4v) is 6.14. The van der Waals surface area contributed by atoms with Crippen molar-refractivity contribution in [3.8, 4) is 0 Å². The third-order valence-electron chi connectivity index (χ3n) is 6.32. The minimum Gasteiger partial charge on any atom is -0.0470 e. The van der Waals surface area contributed by atoms with Crippen molar-refractivity contribution in [1.82, 2.24) is 0 Å². The van der Waals surface area contributed by atoms with E-state index in [4.69, 9.17) is 0 Å². The van der Waals surface area contributed by atoms with Gasteiger partial charge >= 0.3 is 0 Å². The summed E-state index contributed by atoms with van der Waals surface area (Å²) in [6.07, 6.45) is 8.30. The first-order valence-electron chi connectivity index (χ1n) is 5.38. The molecule has 0 N–H and O–H groups in total. The summed E-state index contributed by atoms with van der Waals surface area (Å²) < 4.78 is 0. The second kappa shape index (κ2) is 0.963. The Labute approximate surface area is 67.4 Å². The van der Waals surface area contributed by atoms with Crippen molar-refractivity contribution in [1.29, 1.82) is 0 Å². The Hall–Kier alpha value is 0. The SMILES string of the molecule is C1C2C[C@@H]3C[C@H](C2)C24CC32C14. The summed E-state index contributed by atoms with van der Waals surface area (Å²) in [5, 5.41) is 0. The molecule has 0 aromatic carbocycles. The third kappa shape index (κ3) is 0.246. The summed E-state index contributed by atoms with van der Waals surface area (Å²) >= 11 is 0. The lowest BCUT2D eigenvalue weighted by molar-refractivity contribution is 0.0383. The molecule has 0 aliphatic heterocycles. The van der Waals surface area contributed by atoms with Crippen LogP contribution in [0.5, 0.6) is 0 Å². The van der Waals surface area contributed by atoms with E-state index < -0.39 is 0 Å². The monoisotopic (exact) mass is 146 g/mol. The van der Waals surface area contributed by atoms with Crippen molar-refractivity contribution in [3.05, 3.63) is 0 Å². The molecule has 0 saturated heterocycles. The fraction of sp³-hybridized carbons (Fsp3) is 1.00. The summed E-state index contributed by atoms with van der Waals surface area (Å²) in [5.41, 5.74) is 2.06. The maximum absolute atomic E-state index is 1.69. The second-order valence-electron chi connectivity index (χ2n) is 6.01. The molecular formula is C11H14. The highest BCUT2D eigenvalue weighted by Crippen LogP contribution is 3.04. The molecule has 4 bridgehead atoms. The van der Waals surface area contributed by atoms with Gasteiger partial charge in [-0.2, -0.15) is 0 Å². The Kier molecular flexibility index (Phi) is 0.428. The van der Waals surface area contributed by atoms with E-state index in [1.165, 1.54) is 23.7 Å². The third-order valence-corrected chi connectivity index (χ3v) is 6.32. The van der Waals surface area contributed by atoms with Gasteiger partial charge in [-0.3, -0.25) is 0 Å². The number of hydrogen-bond acceptors (Lipinski definition) is 0. The van der Waals surface area contributed by atoms with Crippen molar-refractivity contribution in [2.45, 2.75) is 32.1 Å². The van der Waals surface area contributed by atoms with Crippen LogP contribution in [0.3, 0.4) is 0 Å². The molecule has 0 heteroatoms. The van der Waals surface area contributed by atoms with Gasteiger partial charge in [0.15, 0.2) is 0 Å². The van der Waals surface area contributed by atoms with E-state index in [2.05, 4.69) is 0 Å². The topological polar surface area (TPSA) is 0 Å². The molecule has 0 radical (unpaired) electrons. The van der Waals surface area contributed by atoms with Crippen LogP contribution >= 0.6 is 0 Å². The summed E-state index contributed by atoms with van der Waals surface area (Å²) in [4.78, 5) is 0. The summed E-state index contributed by atoms with van der Waals surface area (Å²) in [5.74, 6) is 4.97. The van der Waals surface area contributed by atoms with Crippen molar-refractivity contribution in [3.63, 3.8) is 0 Å². The Morgan fingerprint density at radius 3 is 2.18 bits per heavy atom. The molecule has 0 heterocycles. The van der Waals surface area contributed by atoms with Crippen LogP contribution in [-0.4, -0.2) is 0 Å². The molecule has 4 unspecified atom stereocenters. The molecule has 2 spiro atoms. The quantitative estimate of drug-likeness (QED) is 0.492. The van der Waals surface area contributed by atoms with Gasteiger partial charge in [-0.25, -0.2) is 0 Å². The lowest BCUT2D eigenvalue weighted by atomic mass is 9.59. The molecule has 0 amide bonds. The highest BCUT2D eigenvalue weighted by atomic mass is 15.0. The van der Waals surface area contributed by atoms with E-state index in [1.807, 2.05) is 0 Å². The molecule has 6 aliphatic carbocycles. The highest BCUT2D eigenvalue weighted by molar-refractivity contribution is 5.46. The smallest absolute Gasteiger partial charge is 0.0167 e. The zero-order valence-electron chi connectivity index (χ0n) is 6.84. The summed E-state index contributed by atoms with van der Waals surface area (Å²) in [6, 6.07) is 0. The van der Waals surface area contributed by atoms with E-state index in [-0.39, 0.29) is 0 Å². The van der Waals surface area contributed by atoms with Crippen molar-refractivity contribution < 1.29 is 0 Å². The maximum atomic E-state index is 1.69. The molecule has 6 rings (SSSR count). The van der Waals surface area contributed by atoms with Gasteiger partial charge in [0.2, 0.25) is 0 Å². The van der Waals surface area contributed by atoms with E-state index >= 15 is 0 Å². The Morgan fingerprint density at radius 1 is 0.818 bits per heavy atom. The first-order chi connectivity index (χ1) is 5.38. The van der Waals surface area contributed by atoms with E-state index in [0.29, 0.717) is 0 Å². The predicted molar refractivity (Wildman–Crippen MR) is 41.9 cm³/mol. The Morgan fingerprint density at radius 2 is 1.55 bits per heavy atom. The molecule has 6 fully saturated rings. The zero-order valence-corrected chi connectivity index (χ0v) is 6.84. The minimum absolute atomic E-state index is 1.03. The lowest BCUT2D eigenvalue weighted by Crippen LogP contribution is -2.37. The molecule has 0 aromatic heterocycles. The van der Waals surface area contributed by atoms with E-state index in [0.717, 1.165) is 10.8 Å². The van der Waals surface area contributed by atoms with Gasteiger partial charge < -0.3 is 0 Å². The van der Waals surface area contributed by atoms with Crippen LogP contribution in [0.2, 0.25) is 0 Å². The van der Waals surface area contributed by atoms with Gasteiger partial charge in [0.05, 0.1) is 0 Å². The van der Waals surface area contributed by atoms with Crippen LogP contribution in [0.25, 0.3) is 0 Å². The molecule has 6 atom stereocenters. The molecule has 0 nitrogen and oxygen atoms in total. The zero-order chi connectivity index (χ0) is 6.84. The molecule has 6 aliphatic rings. The molecule has 0 aromatic rings. The van der Waals surface area contributed by atoms with Gasteiger partial charge in [-0.05, 0) is 66.6 Å². The predicted octanol–water partition coefficient (Wildman–Crippen LogP) is 2.44. The average Bonchev–Trinajstić information content (AvgIpc) is 2.78. The maximum Gasteiger partial charge on any atom is -0.0167 e. The first-order valence-corrected chi connectivity index (χ1v) is 5.38. The summed E-state index contributed by atoms with van der Waals surface area (Å²) in [6.45, 7) is 0. The molecular weight excluding hydrogens is 132 g/mol. The van der Waals surface area contributed by atoms with Crippen molar-refractivity contribution in [2.75, 3.05) is 0 Å².